The summed E-state index contributed by atoms with van der Waals surface area (Å²) in [6.45, 7) is 5.39. The molecular formula is C15H18BrN3O. The van der Waals surface area contributed by atoms with Gasteiger partial charge in [0.1, 0.15) is 6.61 Å². The number of aromatic nitrogens is 2. The molecule has 1 aromatic heterocycles. The summed E-state index contributed by atoms with van der Waals surface area (Å²) in [7, 11) is 0. The Balaban J connectivity index is 2.01. The third-order valence-corrected chi connectivity index (χ3v) is 3.19. The van der Waals surface area contributed by atoms with E-state index in [1.807, 2.05) is 37.3 Å². The number of rotatable bonds is 6. The predicted octanol–water partition coefficient (Wildman–Crippen LogP) is 3.95. The minimum atomic E-state index is 0.497. The van der Waals surface area contributed by atoms with Crippen LogP contribution >= 0.6 is 15.9 Å². The Morgan fingerprint density at radius 2 is 1.95 bits per heavy atom. The van der Waals surface area contributed by atoms with E-state index in [0.29, 0.717) is 18.4 Å². The van der Waals surface area contributed by atoms with Gasteiger partial charge in [0.2, 0.25) is 11.8 Å². The third kappa shape index (κ3) is 4.49. The molecule has 0 bridgehead atoms. The minimum absolute atomic E-state index is 0.497. The van der Waals surface area contributed by atoms with Gasteiger partial charge in [-0.25, -0.2) is 4.98 Å². The van der Waals surface area contributed by atoms with Gasteiger partial charge < -0.3 is 10.1 Å². The number of ether oxygens (including phenoxy) is 1. The lowest BCUT2D eigenvalue weighted by atomic mass is 10.2. The Bertz CT molecular complexity index is 558. The average Bonchev–Trinajstić information content (AvgIpc) is 2.44. The van der Waals surface area contributed by atoms with Gasteiger partial charge in [-0.1, -0.05) is 35.0 Å². The number of hydrogen-bond acceptors (Lipinski definition) is 4. The summed E-state index contributed by atoms with van der Waals surface area (Å²) in [4.78, 5) is 8.68. The molecule has 0 spiro atoms. The number of nitrogens with one attached hydrogen (secondary N) is 1. The summed E-state index contributed by atoms with van der Waals surface area (Å²) in [5, 5.41) is 3.17. The highest BCUT2D eigenvalue weighted by Crippen LogP contribution is 2.15. The molecule has 4 nitrogen and oxygen atoms in total. The van der Waals surface area contributed by atoms with Gasteiger partial charge in [-0.15, -0.1) is 0 Å². The van der Waals surface area contributed by atoms with Crippen molar-refractivity contribution in [1.29, 1.82) is 0 Å². The molecule has 2 aromatic rings. The van der Waals surface area contributed by atoms with E-state index in [2.05, 4.69) is 38.1 Å². The number of aryl methyl sites for hydroxylation is 1. The van der Waals surface area contributed by atoms with Crippen LogP contribution in [0.15, 0.2) is 34.8 Å². The Hall–Kier alpha value is -1.62. The lowest BCUT2D eigenvalue weighted by Crippen LogP contribution is -2.07. The molecule has 5 heteroatoms. The largest absolute Gasteiger partial charge is 0.473 e. The van der Waals surface area contributed by atoms with Crippen molar-refractivity contribution in [2.45, 2.75) is 26.9 Å². The second kappa shape index (κ2) is 7.24. The van der Waals surface area contributed by atoms with Gasteiger partial charge in [-0.3, -0.25) is 0 Å². The molecule has 0 radical (unpaired) electrons. The fourth-order valence-electron chi connectivity index (χ4n) is 1.67. The van der Waals surface area contributed by atoms with E-state index >= 15 is 0 Å². The van der Waals surface area contributed by atoms with E-state index in [-0.39, 0.29) is 0 Å². The number of benzene rings is 1. The van der Waals surface area contributed by atoms with E-state index in [4.69, 9.17) is 4.74 Å². The Morgan fingerprint density at radius 1 is 1.20 bits per heavy atom. The molecule has 0 aliphatic rings. The molecule has 0 fully saturated rings. The van der Waals surface area contributed by atoms with Crippen LogP contribution in [0, 0.1) is 6.92 Å². The zero-order valence-electron chi connectivity index (χ0n) is 11.7. The van der Waals surface area contributed by atoms with Crippen molar-refractivity contribution in [3.63, 3.8) is 0 Å². The van der Waals surface area contributed by atoms with Gasteiger partial charge in [-0.2, -0.15) is 4.98 Å². The van der Waals surface area contributed by atoms with Gasteiger partial charge in [0.25, 0.3) is 0 Å². The van der Waals surface area contributed by atoms with E-state index in [0.717, 1.165) is 28.7 Å². The first kappa shape index (κ1) is 14.8. The molecule has 20 heavy (non-hydrogen) atoms. The summed E-state index contributed by atoms with van der Waals surface area (Å²) in [6.07, 6.45) is 1.03. The summed E-state index contributed by atoms with van der Waals surface area (Å²) in [5.74, 6) is 1.22. The van der Waals surface area contributed by atoms with Crippen molar-refractivity contribution in [2.24, 2.45) is 0 Å². The highest BCUT2D eigenvalue weighted by atomic mass is 79.9. The monoisotopic (exact) mass is 335 g/mol. The van der Waals surface area contributed by atoms with Crippen LogP contribution in [-0.2, 0) is 6.61 Å². The average molecular weight is 336 g/mol. The van der Waals surface area contributed by atoms with Crippen LogP contribution in [0.4, 0.5) is 5.95 Å². The first-order valence-electron chi connectivity index (χ1n) is 6.64. The topological polar surface area (TPSA) is 47.0 Å². The van der Waals surface area contributed by atoms with Crippen molar-refractivity contribution >= 4 is 21.9 Å². The second-order valence-electron chi connectivity index (χ2n) is 4.51. The van der Waals surface area contributed by atoms with Crippen LogP contribution in [0.1, 0.15) is 24.6 Å². The van der Waals surface area contributed by atoms with Gasteiger partial charge >= 0.3 is 0 Å². The molecule has 0 unspecified atom stereocenters. The predicted molar refractivity (Wildman–Crippen MR) is 84.0 cm³/mol. The number of halogens is 1. The SMILES string of the molecule is CCCNc1nc(C)cc(OCc2ccc(Br)cc2)n1. The smallest absolute Gasteiger partial charge is 0.226 e. The standard InChI is InChI=1S/C15H18BrN3O/c1-3-8-17-15-18-11(2)9-14(19-15)20-10-12-4-6-13(16)7-5-12/h4-7,9H,3,8,10H2,1-2H3,(H,17,18,19). The normalized spacial score (nSPS) is 10.3. The van der Waals surface area contributed by atoms with Gasteiger partial charge in [-0.05, 0) is 31.0 Å². The van der Waals surface area contributed by atoms with Crippen LogP contribution in [-0.4, -0.2) is 16.5 Å². The second-order valence-corrected chi connectivity index (χ2v) is 5.43. The maximum absolute atomic E-state index is 5.73. The number of nitrogens with zero attached hydrogens (tertiary/aromatic N) is 2. The fourth-order valence-corrected chi connectivity index (χ4v) is 1.93. The molecular weight excluding hydrogens is 318 g/mol. The van der Waals surface area contributed by atoms with E-state index in [9.17, 15) is 0 Å². The van der Waals surface area contributed by atoms with Crippen molar-refractivity contribution in [1.82, 2.24) is 9.97 Å². The number of anilines is 1. The summed E-state index contributed by atoms with van der Waals surface area (Å²) >= 11 is 3.41. The molecule has 106 valence electrons. The van der Waals surface area contributed by atoms with Crippen LogP contribution in [0.2, 0.25) is 0 Å². The first-order chi connectivity index (χ1) is 9.67. The molecule has 2 rings (SSSR count). The Kier molecular flexibility index (Phi) is 5.35. The van der Waals surface area contributed by atoms with E-state index in [1.54, 1.807) is 0 Å². The van der Waals surface area contributed by atoms with Crippen LogP contribution < -0.4 is 10.1 Å². The molecule has 0 aliphatic heterocycles. The zero-order valence-corrected chi connectivity index (χ0v) is 13.3. The highest BCUT2D eigenvalue weighted by molar-refractivity contribution is 9.10. The van der Waals surface area contributed by atoms with Gasteiger partial charge in [0, 0.05) is 22.8 Å². The molecule has 0 saturated heterocycles. The molecule has 1 aromatic carbocycles. The van der Waals surface area contributed by atoms with Crippen LogP contribution in [0.25, 0.3) is 0 Å². The molecule has 0 saturated carbocycles. The maximum atomic E-state index is 5.73. The van der Waals surface area contributed by atoms with E-state index < -0.39 is 0 Å². The van der Waals surface area contributed by atoms with Crippen molar-refractivity contribution in [2.75, 3.05) is 11.9 Å². The van der Waals surface area contributed by atoms with Crippen molar-refractivity contribution < 1.29 is 4.74 Å². The fraction of sp³-hybridized carbons (Fsp3) is 0.333. The zero-order chi connectivity index (χ0) is 14.4. The minimum Gasteiger partial charge on any atom is -0.473 e. The van der Waals surface area contributed by atoms with Crippen molar-refractivity contribution in [3.8, 4) is 5.88 Å². The Morgan fingerprint density at radius 3 is 2.65 bits per heavy atom. The molecule has 0 amide bonds. The quantitative estimate of drug-likeness (QED) is 0.868. The van der Waals surface area contributed by atoms with Crippen LogP contribution in [0.5, 0.6) is 5.88 Å². The van der Waals surface area contributed by atoms with E-state index in [1.165, 1.54) is 0 Å². The lowest BCUT2D eigenvalue weighted by molar-refractivity contribution is 0.293. The molecule has 1 heterocycles. The maximum Gasteiger partial charge on any atom is 0.226 e. The Labute approximate surface area is 127 Å². The van der Waals surface area contributed by atoms with Gasteiger partial charge in [0.05, 0.1) is 0 Å². The first-order valence-corrected chi connectivity index (χ1v) is 7.43. The number of hydrogen-bond donors (Lipinski definition) is 1. The van der Waals surface area contributed by atoms with Crippen LogP contribution in [0.3, 0.4) is 0 Å². The molecule has 1 N–H and O–H groups in total. The summed E-state index contributed by atoms with van der Waals surface area (Å²) in [6, 6.07) is 9.88. The third-order valence-electron chi connectivity index (χ3n) is 2.66. The highest BCUT2D eigenvalue weighted by Gasteiger charge is 2.03. The molecule has 0 atom stereocenters. The lowest BCUT2D eigenvalue weighted by Gasteiger charge is -2.09. The van der Waals surface area contributed by atoms with Gasteiger partial charge in [0.15, 0.2) is 0 Å². The summed E-state index contributed by atoms with van der Waals surface area (Å²) < 4.78 is 6.79. The van der Waals surface area contributed by atoms with Crippen molar-refractivity contribution in [3.05, 3.63) is 46.1 Å². The summed E-state index contributed by atoms with van der Waals surface area (Å²) in [5.41, 5.74) is 2.00. The molecule has 0 aliphatic carbocycles.